The van der Waals surface area contributed by atoms with E-state index in [9.17, 15) is 4.79 Å². The number of unbranched alkanes of at least 4 members (excludes halogenated alkanes) is 1. The van der Waals surface area contributed by atoms with Gasteiger partial charge in [0.15, 0.2) is 0 Å². The molecule has 1 aliphatic rings. The van der Waals surface area contributed by atoms with Gasteiger partial charge in [0.2, 0.25) is 0 Å². The van der Waals surface area contributed by atoms with Crippen LogP contribution in [-0.4, -0.2) is 5.78 Å². The molecule has 0 aromatic heterocycles. The van der Waals surface area contributed by atoms with Gasteiger partial charge in [-0.15, -0.1) is 6.58 Å². The van der Waals surface area contributed by atoms with Gasteiger partial charge >= 0.3 is 0 Å². The van der Waals surface area contributed by atoms with Gasteiger partial charge in [0.25, 0.3) is 0 Å². The molecule has 0 aromatic rings. The van der Waals surface area contributed by atoms with E-state index < -0.39 is 0 Å². The fourth-order valence-corrected chi connectivity index (χ4v) is 1.62. The maximum Gasteiger partial charge on any atom is 0.142 e. The van der Waals surface area contributed by atoms with Crippen molar-refractivity contribution in [3.05, 3.63) is 12.7 Å². The predicted molar refractivity (Wildman–Crippen MR) is 46.4 cm³/mol. The quantitative estimate of drug-likeness (QED) is 0.566. The molecule has 0 N–H and O–H groups in total. The Balaban J connectivity index is 2.47. The van der Waals surface area contributed by atoms with Crippen LogP contribution in [0.4, 0.5) is 0 Å². The summed E-state index contributed by atoms with van der Waals surface area (Å²) in [5.41, 5.74) is -0.101. The highest BCUT2D eigenvalue weighted by Crippen LogP contribution is 2.42. The van der Waals surface area contributed by atoms with Crippen molar-refractivity contribution in [3.8, 4) is 0 Å². The molecule has 0 unspecified atom stereocenters. The predicted octanol–water partition coefficient (Wildman–Crippen LogP) is 2.71. The zero-order valence-corrected chi connectivity index (χ0v) is 7.23. The molecular weight excluding hydrogens is 136 g/mol. The molecule has 0 spiro atoms. The zero-order valence-electron chi connectivity index (χ0n) is 7.23. The van der Waals surface area contributed by atoms with Crippen LogP contribution in [0, 0.1) is 5.41 Å². The molecule has 1 fully saturated rings. The Morgan fingerprint density at radius 3 is 2.73 bits per heavy atom. The highest BCUT2D eigenvalue weighted by Gasteiger charge is 2.42. The molecule has 1 aliphatic carbocycles. The minimum Gasteiger partial charge on any atom is -0.299 e. The number of carbonyl (C=O) groups is 1. The summed E-state index contributed by atoms with van der Waals surface area (Å²) in [6.07, 6.45) is 7.01. The van der Waals surface area contributed by atoms with Crippen molar-refractivity contribution in [2.45, 2.75) is 39.0 Å². The number of hydrogen-bond donors (Lipinski definition) is 0. The van der Waals surface area contributed by atoms with Crippen LogP contribution < -0.4 is 0 Å². The van der Waals surface area contributed by atoms with Crippen molar-refractivity contribution in [2.75, 3.05) is 0 Å². The molecule has 1 atom stereocenters. The Hall–Kier alpha value is -0.590. The third kappa shape index (κ3) is 1.37. The molecule has 0 aliphatic heterocycles. The number of rotatable bonds is 4. The Labute approximate surface area is 68.5 Å². The molecule has 1 heteroatoms. The first kappa shape index (κ1) is 8.51. The Morgan fingerprint density at radius 2 is 2.45 bits per heavy atom. The molecule has 0 bridgehead atoms. The van der Waals surface area contributed by atoms with Crippen LogP contribution in [0.25, 0.3) is 0 Å². The molecule has 11 heavy (non-hydrogen) atoms. The van der Waals surface area contributed by atoms with Crippen molar-refractivity contribution in [3.63, 3.8) is 0 Å². The molecule has 1 rings (SSSR count). The van der Waals surface area contributed by atoms with Crippen LogP contribution >= 0.6 is 0 Å². The van der Waals surface area contributed by atoms with Gasteiger partial charge < -0.3 is 0 Å². The normalized spacial score (nSPS) is 29.7. The smallest absolute Gasteiger partial charge is 0.142 e. The molecule has 0 saturated heterocycles. The Kier molecular flexibility index (Phi) is 2.48. The Morgan fingerprint density at radius 1 is 1.73 bits per heavy atom. The summed E-state index contributed by atoms with van der Waals surface area (Å²) in [7, 11) is 0. The lowest BCUT2D eigenvalue weighted by Gasteiger charge is -2.37. The van der Waals surface area contributed by atoms with Gasteiger partial charge in [-0.1, -0.05) is 25.8 Å². The van der Waals surface area contributed by atoms with E-state index in [0.29, 0.717) is 5.78 Å². The molecule has 62 valence electrons. The van der Waals surface area contributed by atoms with Crippen LogP contribution in [0.3, 0.4) is 0 Å². The summed E-state index contributed by atoms with van der Waals surface area (Å²) in [6.45, 7) is 5.89. The lowest BCUT2D eigenvalue weighted by molar-refractivity contribution is -0.134. The lowest BCUT2D eigenvalue weighted by Crippen LogP contribution is -2.38. The van der Waals surface area contributed by atoms with Crippen LogP contribution in [0.15, 0.2) is 12.7 Å². The van der Waals surface area contributed by atoms with Crippen molar-refractivity contribution in [1.29, 1.82) is 0 Å². The van der Waals surface area contributed by atoms with E-state index in [-0.39, 0.29) is 5.41 Å². The number of Topliss-reactive ketones (excluding diaryl/α,β-unsaturated/α-hetero) is 1. The van der Waals surface area contributed by atoms with Gasteiger partial charge in [0.05, 0.1) is 0 Å². The highest BCUT2D eigenvalue weighted by atomic mass is 16.1. The summed E-state index contributed by atoms with van der Waals surface area (Å²) >= 11 is 0. The van der Waals surface area contributed by atoms with E-state index in [1.54, 1.807) is 0 Å². The van der Waals surface area contributed by atoms with Crippen LogP contribution in [0.2, 0.25) is 0 Å². The molecular formula is C10H16O. The highest BCUT2D eigenvalue weighted by molar-refractivity contribution is 5.92. The monoisotopic (exact) mass is 152 g/mol. The SMILES string of the molecule is C=C[C@]1(CCCC)CCC1=O. The van der Waals surface area contributed by atoms with E-state index >= 15 is 0 Å². The number of allylic oxidation sites excluding steroid dienone is 1. The van der Waals surface area contributed by atoms with Crippen molar-refractivity contribution >= 4 is 5.78 Å². The minimum absolute atomic E-state index is 0.101. The summed E-state index contributed by atoms with van der Waals surface area (Å²) < 4.78 is 0. The van der Waals surface area contributed by atoms with Gasteiger partial charge in [0.1, 0.15) is 5.78 Å². The largest absolute Gasteiger partial charge is 0.299 e. The first-order valence-electron chi connectivity index (χ1n) is 4.42. The third-order valence-corrected chi connectivity index (χ3v) is 2.72. The van der Waals surface area contributed by atoms with E-state index in [0.717, 1.165) is 25.7 Å². The Bertz CT molecular complexity index is 172. The molecule has 0 heterocycles. The molecule has 0 amide bonds. The van der Waals surface area contributed by atoms with Gasteiger partial charge in [-0.2, -0.15) is 0 Å². The molecule has 0 radical (unpaired) electrons. The second-order valence-electron chi connectivity index (χ2n) is 3.39. The van der Waals surface area contributed by atoms with E-state index in [1.165, 1.54) is 6.42 Å². The van der Waals surface area contributed by atoms with Gasteiger partial charge in [-0.05, 0) is 12.8 Å². The first-order valence-corrected chi connectivity index (χ1v) is 4.42. The summed E-state index contributed by atoms with van der Waals surface area (Å²) in [4.78, 5) is 11.2. The second kappa shape index (κ2) is 3.21. The molecule has 1 nitrogen and oxygen atoms in total. The fourth-order valence-electron chi connectivity index (χ4n) is 1.62. The third-order valence-electron chi connectivity index (χ3n) is 2.72. The second-order valence-corrected chi connectivity index (χ2v) is 3.39. The summed E-state index contributed by atoms with van der Waals surface area (Å²) in [5.74, 6) is 0.404. The molecule has 1 saturated carbocycles. The summed E-state index contributed by atoms with van der Waals surface area (Å²) in [5, 5.41) is 0. The average molecular weight is 152 g/mol. The van der Waals surface area contributed by atoms with E-state index in [4.69, 9.17) is 0 Å². The minimum atomic E-state index is -0.101. The van der Waals surface area contributed by atoms with E-state index in [1.807, 2.05) is 6.08 Å². The van der Waals surface area contributed by atoms with Gasteiger partial charge in [0, 0.05) is 11.8 Å². The standard InChI is InChI=1S/C10H16O/c1-3-5-7-10(4-2)8-6-9(10)11/h4H,2-3,5-8H2,1H3/t10-/m0/s1. The maximum atomic E-state index is 11.2. The van der Waals surface area contributed by atoms with Crippen molar-refractivity contribution in [1.82, 2.24) is 0 Å². The maximum absolute atomic E-state index is 11.2. The number of carbonyl (C=O) groups excluding carboxylic acids is 1. The van der Waals surface area contributed by atoms with Crippen molar-refractivity contribution < 1.29 is 4.79 Å². The van der Waals surface area contributed by atoms with Gasteiger partial charge in [-0.25, -0.2) is 0 Å². The van der Waals surface area contributed by atoms with Crippen LogP contribution in [-0.2, 0) is 4.79 Å². The fraction of sp³-hybridized carbons (Fsp3) is 0.700. The number of ketones is 1. The average Bonchev–Trinajstić information content (AvgIpc) is 2.04. The summed E-state index contributed by atoms with van der Waals surface area (Å²) in [6, 6.07) is 0. The van der Waals surface area contributed by atoms with Crippen LogP contribution in [0.5, 0.6) is 0 Å². The number of hydrogen-bond acceptors (Lipinski definition) is 1. The van der Waals surface area contributed by atoms with E-state index in [2.05, 4.69) is 13.5 Å². The first-order chi connectivity index (χ1) is 5.25. The molecule has 0 aromatic carbocycles. The van der Waals surface area contributed by atoms with Gasteiger partial charge in [-0.3, -0.25) is 4.79 Å². The lowest BCUT2D eigenvalue weighted by atomic mass is 9.65. The van der Waals surface area contributed by atoms with Crippen molar-refractivity contribution in [2.24, 2.45) is 5.41 Å². The van der Waals surface area contributed by atoms with Crippen LogP contribution in [0.1, 0.15) is 39.0 Å². The topological polar surface area (TPSA) is 17.1 Å². The zero-order chi connectivity index (χ0) is 8.32.